The summed E-state index contributed by atoms with van der Waals surface area (Å²) >= 11 is 0. The highest BCUT2D eigenvalue weighted by Crippen LogP contribution is 2.29. The number of H-pyrrole nitrogens is 1. The summed E-state index contributed by atoms with van der Waals surface area (Å²) in [5.74, 6) is 3.27. The van der Waals surface area contributed by atoms with Gasteiger partial charge in [0.05, 0.1) is 6.54 Å². The zero-order valence-corrected chi connectivity index (χ0v) is 20.5. The maximum atomic E-state index is 12.3. The Morgan fingerprint density at radius 3 is 2.74 bits per heavy atom. The molecule has 2 aliphatic rings. The van der Waals surface area contributed by atoms with Crippen molar-refractivity contribution in [3.05, 3.63) is 47.3 Å². The number of fused-ring (bicyclic) bond motifs is 1. The molecule has 1 amide bonds. The molecule has 10 heteroatoms. The predicted molar refractivity (Wildman–Crippen MR) is 131 cm³/mol. The minimum absolute atomic E-state index is 0.220. The number of nitrogens with one attached hydrogen (secondary N) is 2. The van der Waals surface area contributed by atoms with Crippen LogP contribution >= 0.6 is 0 Å². The van der Waals surface area contributed by atoms with E-state index in [9.17, 15) is 4.79 Å². The van der Waals surface area contributed by atoms with Gasteiger partial charge in [-0.2, -0.15) is 5.10 Å². The Balaban J connectivity index is 1.22. The van der Waals surface area contributed by atoms with Crippen molar-refractivity contribution in [3.8, 4) is 11.5 Å². The van der Waals surface area contributed by atoms with Crippen molar-refractivity contribution in [2.45, 2.75) is 70.9 Å². The average Bonchev–Trinajstić information content (AvgIpc) is 3.52. The van der Waals surface area contributed by atoms with Gasteiger partial charge in [-0.15, -0.1) is 0 Å². The Bertz CT molecular complexity index is 1180. The first-order chi connectivity index (χ1) is 16.9. The lowest BCUT2D eigenvalue weighted by Gasteiger charge is -2.32. The van der Waals surface area contributed by atoms with Crippen LogP contribution in [0.25, 0.3) is 11.5 Å². The number of pyridine rings is 1. The molecule has 2 N–H and O–H groups in total. The third-order valence-corrected chi connectivity index (χ3v) is 6.31. The molecule has 3 aromatic heterocycles. The summed E-state index contributed by atoms with van der Waals surface area (Å²) in [5.41, 5.74) is 2.56. The number of carbonyl (C=O) groups is 1. The lowest BCUT2D eigenvalue weighted by molar-refractivity contribution is 0.0203. The van der Waals surface area contributed by atoms with E-state index in [0.717, 1.165) is 61.0 Å². The van der Waals surface area contributed by atoms with Crippen LogP contribution < -0.4 is 5.32 Å². The summed E-state index contributed by atoms with van der Waals surface area (Å²) in [7, 11) is 0. The second-order valence-corrected chi connectivity index (χ2v) is 10.1. The van der Waals surface area contributed by atoms with Crippen molar-refractivity contribution in [1.82, 2.24) is 35.0 Å². The number of ether oxygens (including phenoxy) is 1. The molecule has 35 heavy (non-hydrogen) atoms. The molecule has 1 aliphatic carbocycles. The first-order valence-electron chi connectivity index (χ1n) is 12.3. The lowest BCUT2D eigenvalue weighted by atomic mass is 9.96. The predicted octanol–water partition coefficient (Wildman–Crippen LogP) is 3.87. The standard InChI is InChI=1S/C25H32N8O2/c1-25(2,3)35-24(34)33-13-10-16(11-14-33)21-29-20(31-32-21)15-27-22-17-7-6-9-18(17)28-23(30-22)19-8-4-5-12-26-19/h4-5,8,12,16H,6-7,9-11,13-15H2,1-3H3,(H,27,28,30)(H,29,31,32). The highest BCUT2D eigenvalue weighted by atomic mass is 16.6. The molecule has 1 saturated heterocycles. The number of aromatic amines is 1. The summed E-state index contributed by atoms with van der Waals surface area (Å²) in [6.07, 6.45) is 6.15. The van der Waals surface area contributed by atoms with Crippen molar-refractivity contribution in [1.29, 1.82) is 0 Å². The van der Waals surface area contributed by atoms with E-state index in [1.54, 1.807) is 11.1 Å². The third kappa shape index (κ3) is 5.41. The van der Waals surface area contributed by atoms with Crippen molar-refractivity contribution >= 4 is 11.9 Å². The van der Waals surface area contributed by atoms with Crippen molar-refractivity contribution in [2.75, 3.05) is 18.4 Å². The fourth-order valence-corrected chi connectivity index (χ4v) is 4.57. The smallest absolute Gasteiger partial charge is 0.410 e. The van der Waals surface area contributed by atoms with Crippen LogP contribution in [0.3, 0.4) is 0 Å². The highest BCUT2D eigenvalue weighted by molar-refractivity contribution is 5.68. The first-order valence-corrected chi connectivity index (χ1v) is 12.3. The van der Waals surface area contributed by atoms with Crippen LogP contribution in [0.15, 0.2) is 24.4 Å². The number of carbonyl (C=O) groups excluding carboxylic acids is 1. The van der Waals surface area contributed by atoms with Gasteiger partial charge < -0.3 is 15.0 Å². The van der Waals surface area contributed by atoms with Crippen molar-refractivity contribution in [2.24, 2.45) is 0 Å². The van der Waals surface area contributed by atoms with Gasteiger partial charge in [0.2, 0.25) is 0 Å². The summed E-state index contributed by atoms with van der Waals surface area (Å²) in [4.78, 5) is 32.8. The van der Waals surface area contributed by atoms with Crippen molar-refractivity contribution < 1.29 is 9.53 Å². The molecule has 0 unspecified atom stereocenters. The number of aryl methyl sites for hydroxylation is 1. The zero-order chi connectivity index (χ0) is 24.4. The number of amides is 1. The maximum Gasteiger partial charge on any atom is 0.410 e. The Kier molecular flexibility index (Phi) is 6.36. The number of nitrogens with zero attached hydrogens (tertiary/aromatic N) is 6. The van der Waals surface area contributed by atoms with E-state index in [1.165, 1.54) is 5.56 Å². The van der Waals surface area contributed by atoms with Gasteiger partial charge in [-0.05, 0) is 65.0 Å². The van der Waals surface area contributed by atoms with E-state index in [4.69, 9.17) is 19.7 Å². The number of hydrogen-bond donors (Lipinski definition) is 2. The number of piperidine rings is 1. The monoisotopic (exact) mass is 476 g/mol. The molecule has 0 atom stereocenters. The minimum Gasteiger partial charge on any atom is -0.444 e. The molecule has 3 aromatic rings. The molecule has 184 valence electrons. The van der Waals surface area contributed by atoms with Gasteiger partial charge in [0.15, 0.2) is 11.6 Å². The third-order valence-electron chi connectivity index (χ3n) is 6.31. The molecule has 0 bridgehead atoms. The Hall–Kier alpha value is -3.56. The van der Waals surface area contributed by atoms with Gasteiger partial charge >= 0.3 is 6.09 Å². The fourth-order valence-electron chi connectivity index (χ4n) is 4.57. The average molecular weight is 477 g/mol. The molecule has 10 nitrogen and oxygen atoms in total. The molecular formula is C25H32N8O2. The van der Waals surface area contributed by atoms with Crippen LogP contribution in [0.4, 0.5) is 10.6 Å². The molecule has 4 heterocycles. The van der Waals surface area contributed by atoms with Crippen LogP contribution in [0.1, 0.15) is 68.9 Å². The van der Waals surface area contributed by atoms with Gasteiger partial charge in [0.1, 0.15) is 22.9 Å². The molecule has 5 rings (SSSR count). The molecule has 0 saturated carbocycles. The normalized spacial score (nSPS) is 16.3. The minimum atomic E-state index is -0.484. The second kappa shape index (κ2) is 9.59. The van der Waals surface area contributed by atoms with Crippen molar-refractivity contribution in [3.63, 3.8) is 0 Å². The number of rotatable bonds is 5. The van der Waals surface area contributed by atoms with E-state index in [0.29, 0.717) is 25.5 Å². The first kappa shape index (κ1) is 23.2. The molecule has 0 spiro atoms. The van der Waals surface area contributed by atoms with Crippen LogP contribution in [0, 0.1) is 0 Å². The molecule has 1 aliphatic heterocycles. The summed E-state index contributed by atoms with van der Waals surface area (Å²) < 4.78 is 5.49. The molecule has 1 fully saturated rings. The molecular weight excluding hydrogens is 444 g/mol. The van der Waals surface area contributed by atoms with E-state index in [-0.39, 0.29) is 12.0 Å². The molecule has 0 aromatic carbocycles. The van der Waals surface area contributed by atoms with E-state index in [1.807, 2.05) is 39.0 Å². The number of hydrogen-bond acceptors (Lipinski definition) is 8. The number of likely N-dealkylation sites (tertiary alicyclic amines) is 1. The van der Waals surface area contributed by atoms with Gasteiger partial charge in [-0.3, -0.25) is 10.1 Å². The SMILES string of the molecule is CC(C)(C)OC(=O)N1CCC(c2n[nH]c(CNc3nc(-c4ccccn4)nc4c3CCC4)n2)CC1. The van der Waals surface area contributed by atoms with Gasteiger partial charge in [0, 0.05) is 36.5 Å². The van der Waals surface area contributed by atoms with Crippen LogP contribution in [-0.4, -0.2) is 59.8 Å². The fraction of sp³-hybridized carbons (Fsp3) is 0.520. The Morgan fingerprint density at radius 2 is 2.00 bits per heavy atom. The highest BCUT2D eigenvalue weighted by Gasteiger charge is 2.29. The largest absolute Gasteiger partial charge is 0.444 e. The quantitative estimate of drug-likeness (QED) is 0.569. The van der Waals surface area contributed by atoms with Crippen LogP contribution in [-0.2, 0) is 24.1 Å². The second-order valence-electron chi connectivity index (χ2n) is 10.1. The summed E-state index contributed by atoms with van der Waals surface area (Å²) in [6, 6.07) is 5.76. The topological polar surface area (TPSA) is 122 Å². The number of aromatic nitrogens is 6. The zero-order valence-electron chi connectivity index (χ0n) is 20.5. The lowest BCUT2D eigenvalue weighted by Crippen LogP contribution is -2.41. The van der Waals surface area contributed by atoms with Crippen LogP contribution in [0.2, 0.25) is 0 Å². The number of anilines is 1. The van der Waals surface area contributed by atoms with E-state index in [2.05, 4.69) is 20.5 Å². The van der Waals surface area contributed by atoms with Gasteiger partial charge in [-0.25, -0.2) is 19.7 Å². The van der Waals surface area contributed by atoms with Crippen LogP contribution in [0.5, 0.6) is 0 Å². The van der Waals surface area contributed by atoms with E-state index >= 15 is 0 Å². The maximum absolute atomic E-state index is 12.3. The summed E-state index contributed by atoms with van der Waals surface area (Å²) in [6.45, 7) is 7.44. The van der Waals surface area contributed by atoms with Gasteiger partial charge in [0.25, 0.3) is 0 Å². The van der Waals surface area contributed by atoms with Gasteiger partial charge in [-0.1, -0.05) is 6.07 Å². The Labute approximate surface area is 205 Å². The molecule has 0 radical (unpaired) electrons. The Morgan fingerprint density at radius 1 is 1.17 bits per heavy atom. The summed E-state index contributed by atoms with van der Waals surface area (Å²) in [5, 5.41) is 11.0. The van der Waals surface area contributed by atoms with E-state index < -0.39 is 5.60 Å².